The lowest BCUT2D eigenvalue weighted by atomic mass is 10.0. The van der Waals surface area contributed by atoms with Crippen molar-refractivity contribution in [1.29, 1.82) is 0 Å². The third-order valence-electron chi connectivity index (χ3n) is 5.09. The Morgan fingerprint density at radius 3 is 2.72 bits per heavy atom. The van der Waals surface area contributed by atoms with Gasteiger partial charge in [-0.15, -0.1) is 11.3 Å². The lowest BCUT2D eigenvalue weighted by molar-refractivity contribution is -0.129. The normalized spacial score (nSPS) is 17.3. The van der Waals surface area contributed by atoms with Gasteiger partial charge in [-0.3, -0.25) is 9.59 Å². The zero-order chi connectivity index (χ0) is 20.8. The highest BCUT2D eigenvalue weighted by Gasteiger charge is 2.43. The number of allylic oxidation sites excluding steroid dienone is 1. The lowest BCUT2D eigenvalue weighted by Crippen LogP contribution is -2.34. The van der Waals surface area contributed by atoms with Gasteiger partial charge in [0.1, 0.15) is 5.76 Å². The molecule has 0 spiro atoms. The van der Waals surface area contributed by atoms with Crippen LogP contribution in [0.4, 0.5) is 0 Å². The fourth-order valence-electron chi connectivity index (χ4n) is 3.52. The molecule has 0 saturated carbocycles. The number of amides is 1. The van der Waals surface area contributed by atoms with Gasteiger partial charge in [-0.2, -0.15) is 0 Å². The second kappa shape index (κ2) is 9.71. The number of ketones is 1. The van der Waals surface area contributed by atoms with Crippen molar-refractivity contribution >= 4 is 29.1 Å². The van der Waals surface area contributed by atoms with Crippen molar-refractivity contribution in [1.82, 2.24) is 9.80 Å². The second-order valence-electron chi connectivity index (χ2n) is 6.77. The predicted octanol–water partition coefficient (Wildman–Crippen LogP) is 4.05. The molecule has 1 unspecified atom stereocenters. The zero-order valence-corrected chi connectivity index (χ0v) is 17.5. The minimum Gasteiger partial charge on any atom is -0.503 e. The largest absolute Gasteiger partial charge is 0.503 e. The quantitative estimate of drug-likeness (QED) is 0.594. The molecule has 0 bridgehead atoms. The number of hydrogen-bond acceptors (Lipinski definition) is 6. The van der Waals surface area contributed by atoms with Crippen LogP contribution in [0.5, 0.6) is 0 Å². The highest BCUT2D eigenvalue weighted by Crippen LogP contribution is 2.39. The molecule has 6 nitrogen and oxygen atoms in total. The van der Waals surface area contributed by atoms with E-state index < -0.39 is 23.5 Å². The number of rotatable bonds is 10. The minimum atomic E-state index is -0.562. The summed E-state index contributed by atoms with van der Waals surface area (Å²) in [4.78, 5) is 30.4. The number of furan rings is 1. The van der Waals surface area contributed by atoms with Crippen LogP contribution in [0.15, 0.2) is 57.7 Å². The molecule has 0 saturated heterocycles. The summed E-state index contributed by atoms with van der Waals surface area (Å²) in [7, 11) is 0. The summed E-state index contributed by atoms with van der Waals surface area (Å²) in [6.45, 7) is 7.44. The third kappa shape index (κ3) is 4.68. The smallest absolute Gasteiger partial charge is 0.290 e. The second-order valence-corrected chi connectivity index (χ2v) is 7.75. The molecule has 0 radical (unpaired) electrons. The van der Waals surface area contributed by atoms with Gasteiger partial charge in [-0.1, -0.05) is 19.9 Å². The molecule has 7 heteroatoms. The fraction of sp³-hybridized carbons (Fsp3) is 0.364. The van der Waals surface area contributed by atoms with E-state index in [1.54, 1.807) is 23.1 Å². The van der Waals surface area contributed by atoms with Crippen molar-refractivity contribution in [3.63, 3.8) is 0 Å². The Morgan fingerprint density at radius 2 is 2.10 bits per heavy atom. The van der Waals surface area contributed by atoms with Crippen LogP contribution >= 0.6 is 11.3 Å². The van der Waals surface area contributed by atoms with E-state index in [2.05, 4.69) is 18.7 Å². The summed E-state index contributed by atoms with van der Waals surface area (Å²) in [6, 6.07) is 6.67. The van der Waals surface area contributed by atoms with Crippen molar-refractivity contribution < 1.29 is 19.1 Å². The average molecular weight is 415 g/mol. The van der Waals surface area contributed by atoms with Gasteiger partial charge in [0.25, 0.3) is 5.91 Å². The SMILES string of the molecule is CCN(CC)CCCN1C(=O)C(O)=C(C(=O)/C=C/c2ccco2)C1c1cccs1. The number of carbonyl (C=O) groups excluding carboxylic acids is 2. The summed E-state index contributed by atoms with van der Waals surface area (Å²) in [5.74, 6) is -0.804. The van der Waals surface area contributed by atoms with Crippen LogP contribution in [0.3, 0.4) is 0 Å². The molecule has 29 heavy (non-hydrogen) atoms. The molecule has 1 aliphatic heterocycles. The van der Waals surface area contributed by atoms with Crippen molar-refractivity contribution in [3.05, 3.63) is 64.0 Å². The van der Waals surface area contributed by atoms with Gasteiger partial charge in [0.05, 0.1) is 17.9 Å². The van der Waals surface area contributed by atoms with E-state index in [4.69, 9.17) is 4.42 Å². The molecule has 3 heterocycles. The molecule has 1 N–H and O–H groups in total. The Balaban J connectivity index is 1.82. The van der Waals surface area contributed by atoms with Crippen LogP contribution in [-0.4, -0.2) is 52.8 Å². The van der Waals surface area contributed by atoms with E-state index in [0.717, 1.165) is 30.9 Å². The van der Waals surface area contributed by atoms with Crippen molar-refractivity contribution in [2.24, 2.45) is 0 Å². The Hall–Kier alpha value is -2.64. The average Bonchev–Trinajstić information content (AvgIpc) is 3.47. The van der Waals surface area contributed by atoms with Gasteiger partial charge >= 0.3 is 0 Å². The number of aliphatic hydroxyl groups is 1. The first-order chi connectivity index (χ1) is 14.1. The molecule has 1 aliphatic rings. The van der Waals surface area contributed by atoms with E-state index in [-0.39, 0.29) is 5.57 Å². The van der Waals surface area contributed by atoms with Crippen molar-refractivity contribution in [2.75, 3.05) is 26.2 Å². The standard InChI is InChI=1S/C22H26N2O4S/c1-3-23(4-2)12-7-13-24-20(18-9-6-15-29-18)19(21(26)22(24)27)17(25)11-10-16-8-5-14-28-16/h5-6,8-11,14-15,20,26H,3-4,7,12-13H2,1-2H3/b11-10+. The van der Waals surface area contributed by atoms with Crippen LogP contribution in [0.1, 0.15) is 36.9 Å². The first-order valence-electron chi connectivity index (χ1n) is 9.82. The maximum atomic E-state index is 12.9. The molecule has 0 fully saturated rings. The summed E-state index contributed by atoms with van der Waals surface area (Å²) in [5.41, 5.74) is 0.128. The molecular weight excluding hydrogens is 388 g/mol. The molecule has 0 aliphatic carbocycles. The topological polar surface area (TPSA) is 74.0 Å². The summed E-state index contributed by atoms with van der Waals surface area (Å²) in [6.07, 6.45) is 5.18. The minimum absolute atomic E-state index is 0.128. The summed E-state index contributed by atoms with van der Waals surface area (Å²) < 4.78 is 5.21. The third-order valence-corrected chi connectivity index (χ3v) is 6.02. The number of carbonyl (C=O) groups is 2. The van der Waals surface area contributed by atoms with Gasteiger partial charge in [0.2, 0.25) is 0 Å². The summed E-state index contributed by atoms with van der Waals surface area (Å²) in [5, 5.41) is 12.4. The first kappa shape index (κ1) is 21.1. The zero-order valence-electron chi connectivity index (χ0n) is 16.7. The van der Waals surface area contributed by atoms with E-state index in [9.17, 15) is 14.7 Å². The fourth-order valence-corrected chi connectivity index (χ4v) is 4.36. The van der Waals surface area contributed by atoms with Gasteiger partial charge in [0.15, 0.2) is 11.5 Å². The van der Waals surface area contributed by atoms with Gasteiger partial charge < -0.3 is 19.3 Å². The Bertz CT molecular complexity index is 880. The van der Waals surface area contributed by atoms with E-state index >= 15 is 0 Å². The maximum Gasteiger partial charge on any atom is 0.290 e. The molecule has 1 amide bonds. The Morgan fingerprint density at radius 1 is 1.31 bits per heavy atom. The Kier molecular flexibility index (Phi) is 7.06. The molecule has 154 valence electrons. The first-order valence-corrected chi connectivity index (χ1v) is 10.7. The van der Waals surface area contributed by atoms with Crippen molar-refractivity contribution in [2.45, 2.75) is 26.3 Å². The van der Waals surface area contributed by atoms with Gasteiger partial charge in [-0.05, 0) is 61.8 Å². The van der Waals surface area contributed by atoms with Crippen molar-refractivity contribution in [3.8, 4) is 0 Å². The predicted molar refractivity (Wildman–Crippen MR) is 114 cm³/mol. The van der Waals surface area contributed by atoms with E-state index in [1.807, 2.05) is 17.5 Å². The monoisotopic (exact) mass is 414 g/mol. The molecule has 2 aromatic rings. The van der Waals surface area contributed by atoms with Gasteiger partial charge in [-0.25, -0.2) is 0 Å². The van der Waals surface area contributed by atoms with Crippen LogP contribution in [0.25, 0.3) is 6.08 Å². The number of thiophene rings is 1. The highest BCUT2D eigenvalue weighted by molar-refractivity contribution is 7.10. The van der Waals surface area contributed by atoms with Crippen LogP contribution in [-0.2, 0) is 9.59 Å². The lowest BCUT2D eigenvalue weighted by Gasteiger charge is -2.26. The number of hydrogen-bond donors (Lipinski definition) is 1. The van der Waals surface area contributed by atoms with Crippen LogP contribution in [0, 0.1) is 0 Å². The number of nitrogens with zero attached hydrogens (tertiary/aromatic N) is 2. The molecule has 3 rings (SSSR count). The molecular formula is C22H26N2O4S. The molecule has 1 atom stereocenters. The number of aliphatic hydroxyl groups excluding tert-OH is 1. The van der Waals surface area contributed by atoms with Crippen LogP contribution in [0.2, 0.25) is 0 Å². The molecule has 0 aromatic carbocycles. The Labute approximate surface area is 174 Å². The van der Waals surface area contributed by atoms with Gasteiger partial charge in [0, 0.05) is 11.4 Å². The maximum absolute atomic E-state index is 12.9. The van der Waals surface area contributed by atoms with Crippen LogP contribution < -0.4 is 0 Å². The molecule has 2 aromatic heterocycles. The highest BCUT2D eigenvalue weighted by atomic mass is 32.1. The van der Waals surface area contributed by atoms with E-state index in [1.165, 1.54) is 23.7 Å². The van der Waals surface area contributed by atoms with E-state index in [0.29, 0.717) is 12.3 Å². The summed E-state index contributed by atoms with van der Waals surface area (Å²) >= 11 is 1.47.